The van der Waals surface area contributed by atoms with Gasteiger partial charge in [-0.1, -0.05) is 220 Å². The summed E-state index contributed by atoms with van der Waals surface area (Å²) in [6.45, 7) is 12.8. The Kier molecular flexibility index (Phi) is 31.7. The summed E-state index contributed by atoms with van der Waals surface area (Å²) in [6.07, 6.45) is 28.2. The van der Waals surface area contributed by atoms with Crippen molar-refractivity contribution >= 4 is 18.1 Å². The number of benzene rings is 2. The van der Waals surface area contributed by atoms with Crippen molar-refractivity contribution in [2.75, 3.05) is 0 Å². The summed E-state index contributed by atoms with van der Waals surface area (Å²) in [5.41, 5.74) is 2.84. The van der Waals surface area contributed by atoms with Crippen LogP contribution in [-0.2, 0) is 29.0 Å². The van der Waals surface area contributed by atoms with E-state index in [1.807, 2.05) is 24.3 Å². The topological polar surface area (TPSA) is 107 Å². The highest BCUT2D eigenvalue weighted by molar-refractivity contribution is 5.89. The van der Waals surface area contributed by atoms with Gasteiger partial charge in [0.1, 0.15) is 0 Å². The molecule has 2 rings (SSSR count). The van der Waals surface area contributed by atoms with Crippen LogP contribution in [0.2, 0.25) is 0 Å². The van der Waals surface area contributed by atoms with Crippen LogP contribution in [0, 0.1) is 0 Å². The number of unbranched alkanes of at least 4 members (excludes halogenated alkanes) is 24. The number of carbonyl (C=O) groups excluding carboxylic acids is 3. The zero-order valence-corrected chi connectivity index (χ0v) is 39.9. The molecule has 0 heterocycles. The van der Waals surface area contributed by atoms with Gasteiger partial charge in [-0.2, -0.15) is 0 Å². The van der Waals surface area contributed by atoms with E-state index in [1.54, 1.807) is 24.3 Å². The molecule has 9 nitrogen and oxygen atoms in total. The van der Waals surface area contributed by atoms with E-state index in [-0.39, 0.29) is 0 Å². The van der Waals surface area contributed by atoms with Crippen molar-refractivity contribution in [3.05, 3.63) is 70.8 Å². The van der Waals surface area contributed by atoms with Crippen LogP contribution in [0.4, 0.5) is 4.79 Å². The van der Waals surface area contributed by atoms with Crippen molar-refractivity contribution in [2.45, 2.75) is 246 Å². The maximum Gasteiger partial charge on any atom is 0.513 e. The zero-order chi connectivity index (χ0) is 45.0. The number of carbonyl (C=O) groups is 3. The molecule has 0 spiro atoms. The van der Waals surface area contributed by atoms with E-state index in [4.69, 9.17) is 29.0 Å². The predicted molar refractivity (Wildman–Crippen MR) is 250 cm³/mol. The summed E-state index contributed by atoms with van der Waals surface area (Å²) in [5.74, 6) is -0.746. The third kappa shape index (κ3) is 26.9. The second-order valence-corrected chi connectivity index (χ2v) is 17.9. The van der Waals surface area contributed by atoms with Crippen molar-refractivity contribution in [1.82, 2.24) is 0 Å². The lowest BCUT2D eigenvalue weighted by Gasteiger charge is -2.20. The van der Waals surface area contributed by atoms with Gasteiger partial charge >= 0.3 is 18.1 Å². The number of rotatable bonds is 38. The molecule has 0 aliphatic carbocycles. The molecule has 0 aliphatic rings. The Morgan fingerprint density at radius 3 is 0.903 bits per heavy atom. The van der Waals surface area contributed by atoms with Gasteiger partial charge in [-0.3, -0.25) is 9.78 Å². The van der Waals surface area contributed by atoms with Crippen LogP contribution in [-0.4, -0.2) is 30.7 Å². The molecule has 0 aliphatic heterocycles. The van der Waals surface area contributed by atoms with E-state index >= 15 is 0 Å². The largest absolute Gasteiger partial charge is 0.513 e. The van der Waals surface area contributed by atoms with Gasteiger partial charge in [-0.25, -0.2) is 14.4 Å². The molecule has 0 saturated carbocycles. The summed E-state index contributed by atoms with van der Waals surface area (Å²) in [7, 11) is 0. The van der Waals surface area contributed by atoms with Crippen LogP contribution in [0.5, 0.6) is 0 Å². The Morgan fingerprint density at radius 1 is 0.387 bits per heavy atom. The quantitative estimate of drug-likeness (QED) is 0.0214. The van der Waals surface area contributed by atoms with Crippen molar-refractivity contribution < 1.29 is 43.4 Å². The molecule has 62 heavy (non-hydrogen) atoms. The monoisotopic (exact) mass is 867 g/mol. The lowest BCUT2D eigenvalue weighted by Crippen LogP contribution is -2.28. The van der Waals surface area contributed by atoms with Crippen molar-refractivity contribution in [1.29, 1.82) is 0 Å². The van der Waals surface area contributed by atoms with Crippen molar-refractivity contribution in [3.8, 4) is 0 Å². The molecule has 2 unspecified atom stereocenters. The molecule has 2 aromatic carbocycles. The highest BCUT2D eigenvalue weighted by Gasteiger charge is 2.25. The first kappa shape index (κ1) is 54.7. The fourth-order valence-corrected chi connectivity index (χ4v) is 7.45. The minimum atomic E-state index is -1.20. The van der Waals surface area contributed by atoms with Gasteiger partial charge in [-0.05, 0) is 60.1 Å². The first-order valence-electron chi connectivity index (χ1n) is 25.0. The lowest BCUT2D eigenvalue weighted by molar-refractivity contribution is -0.348. The van der Waals surface area contributed by atoms with E-state index in [1.165, 1.54) is 116 Å². The zero-order valence-electron chi connectivity index (χ0n) is 39.9. The number of hydrogen-bond acceptors (Lipinski definition) is 9. The molecule has 2 atom stereocenters. The predicted octanol–water partition coefficient (Wildman–Crippen LogP) is 16.6. The molecule has 0 aromatic heterocycles. The Morgan fingerprint density at radius 2 is 0.645 bits per heavy atom. The van der Waals surface area contributed by atoms with Gasteiger partial charge in [0.15, 0.2) is 0 Å². The fourth-order valence-electron chi connectivity index (χ4n) is 7.45. The van der Waals surface area contributed by atoms with Crippen LogP contribution < -0.4 is 0 Å². The van der Waals surface area contributed by atoms with E-state index < -0.39 is 30.7 Å². The molecular formula is C53H86O9. The smallest absolute Gasteiger partial charge is 0.400 e. The van der Waals surface area contributed by atoms with Crippen molar-refractivity contribution in [3.63, 3.8) is 0 Å². The minimum Gasteiger partial charge on any atom is -0.400 e. The van der Waals surface area contributed by atoms with Gasteiger partial charge in [0.25, 0.3) is 0 Å². The molecular weight excluding hydrogens is 781 g/mol. The lowest BCUT2D eigenvalue weighted by atomic mass is 10.0. The first-order valence-corrected chi connectivity index (χ1v) is 25.0. The third-order valence-electron chi connectivity index (χ3n) is 11.6. The van der Waals surface area contributed by atoms with Crippen LogP contribution in [0.25, 0.3) is 0 Å². The molecule has 0 radical (unpaired) electrons. The van der Waals surface area contributed by atoms with Crippen LogP contribution >= 0.6 is 0 Å². The second kappa shape index (κ2) is 36.0. The number of hydrogen-bond donors (Lipinski definition) is 0. The summed E-state index contributed by atoms with van der Waals surface area (Å²) < 4.78 is 11.2. The van der Waals surface area contributed by atoms with Gasteiger partial charge in [0.05, 0.1) is 11.1 Å². The molecule has 0 saturated heterocycles. The maximum atomic E-state index is 13.3. The van der Waals surface area contributed by atoms with E-state index in [0.717, 1.165) is 49.7 Å². The molecule has 0 N–H and O–H groups in total. The van der Waals surface area contributed by atoms with Crippen LogP contribution in [0.3, 0.4) is 0 Å². The second-order valence-electron chi connectivity index (χ2n) is 17.9. The SMILES string of the molecule is CCCCCCCCCCCCCCCC(OOC(=O)c1ccc(C(C)C)cc1)OC(=O)OC(CCCCCCCCCCCCCCC)OOC(=O)c1ccc(C(C)C)cc1. The Hall–Kier alpha value is -3.43. The van der Waals surface area contributed by atoms with Gasteiger partial charge in [0.2, 0.25) is 12.6 Å². The summed E-state index contributed by atoms with van der Waals surface area (Å²) in [6, 6.07) is 14.3. The number of ether oxygens (including phenoxy) is 2. The third-order valence-corrected chi connectivity index (χ3v) is 11.6. The molecule has 352 valence electrons. The average molecular weight is 867 g/mol. The molecule has 0 bridgehead atoms. The Balaban J connectivity index is 1.94. The van der Waals surface area contributed by atoms with Gasteiger partial charge < -0.3 is 9.47 Å². The van der Waals surface area contributed by atoms with E-state index in [9.17, 15) is 14.4 Å². The summed E-state index contributed by atoms with van der Waals surface area (Å²) in [4.78, 5) is 60.4. The first-order chi connectivity index (χ1) is 30.1. The molecule has 0 fully saturated rings. The molecule has 2 aromatic rings. The Bertz CT molecular complexity index is 1300. The Labute approximate surface area is 376 Å². The standard InChI is InChI=1S/C53H86O9/c1-7-9-11-13-15-17-19-21-23-25-27-29-31-33-49(59-61-51(54)47-39-35-45(36-40-47)43(3)4)57-53(56)58-50(60-62-52(55)48-41-37-46(38-42-48)44(5)6)34-32-30-28-26-24-22-20-18-16-14-12-10-8-2/h35-44,49-50H,7-34H2,1-6H3. The maximum absolute atomic E-state index is 13.3. The average Bonchev–Trinajstić information content (AvgIpc) is 3.27. The normalized spacial score (nSPS) is 12.4. The molecule has 0 amide bonds. The van der Waals surface area contributed by atoms with Crippen LogP contribution in [0.15, 0.2) is 48.5 Å². The van der Waals surface area contributed by atoms with E-state index in [0.29, 0.717) is 48.6 Å². The summed E-state index contributed by atoms with van der Waals surface area (Å²) in [5, 5.41) is 0. The fraction of sp³-hybridized carbons (Fsp3) is 0.717. The van der Waals surface area contributed by atoms with Gasteiger partial charge in [-0.15, -0.1) is 9.78 Å². The van der Waals surface area contributed by atoms with Crippen LogP contribution in [0.1, 0.15) is 265 Å². The van der Waals surface area contributed by atoms with Crippen molar-refractivity contribution in [2.24, 2.45) is 0 Å². The van der Waals surface area contributed by atoms with E-state index in [2.05, 4.69) is 41.5 Å². The summed E-state index contributed by atoms with van der Waals surface area (Å²) >= 11 is 0. The van der Waals surface area contributed by atoms with Gasteiger partial charge in [0, 0.05) is 12.8 Å². The highest BCUT2D eigenvalue weighted by atomic mass is 17.2. The minimum absolute atomic E-state index is 0.304. The molecule has 9 heteroatoms. The highest BCUT2D eigenvalue weighted by Crippen LogP contribution is 2.21.